The second-order valence-corrected chi connectivity index (χ2v) is 7.64. The van der Waals surface area contributed by atoms with E-state index in [2.05, 4.69) is 32.2 Å². The van der Waals surface area contributed by atoms with E-state index in [4.69, 9.17) is 14.2 Å². The largest absolute Gasteiger partial charge is 0.492 e. The van der Waals surface area contributed by atoms with Gasteiger partial charge in [-0.2, -0.15) is 0 Å². The van der Waals surface area contributed by atoms with E-state index in [1.54, 1.807) is 7.05 Å². The fourth-order valence-electron chi connectivity index (χ4n) is 3.87. The molecular weight excluding hydrogens is 384 g/mol. The molecule has 8 nitrogen and oxygen atoms in total. The third-order valence-electron chi connectivity index (χ3n) is 5.67. The minimum Gasteiger partial charge on any atom is -0.492 e. The maximum atomic E-state index is 11.7. The van der Waals surface area contributed by atoms with Crippen molar-refractivity contribution in [2.75, 3.05) is 66.7 Å². The van der Waals surface area contributed by atoms with Crippen molar-refractivity contribution < 1.29 is 19.0 Å². The van der Waals surface area contributed by atoms with Crippen molar-refractivity contribution in [1.82, 2.24) is 15.1 Å². The second kappa shape index (κ2) is 11.8. The lowest BCUT2D eigenvalue weighted by atomic mass is 9.97. The SMILES string of the molecule is CN=C(NCc1cccc(OCCN2CCOCC2)c1)N1CCC(C(=O)OC)CC1. The Bertz CT molecular complexity index is 698. The molecule has 2 heterocycles. The molecule has 0 amide bonds. The predicted molar refractivity (Wildman–Crippen MR) is 116 cm³/mol. The number of hydrogen-bond donors (Lipinski definition) is 1. The maximum absolute atomic E-state index is 11.7. The lowest BCUT2D eigenvalue weighted by Crippen LogP contribution is -2.46. The zero-order valence-electron chi connectivity index (χ0n) is 18.1. The number of hydrogen-bond acceptors (Lipinski definition) is 6. The van der Waals surface area contributed by atoms with Crippen LogP contribution in [-0.2, 0) is 20.8 Å². The van der Waals surface area contributed by atoms with Crippen molar-refractivity contribution in [2.45, 2.75) is 19.4 Å². The summed E-state index contributed by atoms with van der Waals surface area (Å²) in [6.45, 7) is 7.42. The normalized spacial score (nSPS) is 18.9. The first-order valence-corrected chi connectivity index (χ1v) is 10.7. The first kappa shape index (κ1) is 22.4. The molecule has 1 N–H and O–H groups in total. The lowest BCUT2D eigenvalue weighted by Gasteiger charge is -2.33. The third-order valence-corrected chi connectivity index (χ3v) is 5.67. The van der Waals surface area contributed by atoms with Gasteiger partial charge in [-0.1, -0.05) is 12.1 Å². The van der Waals surface area contributed by atoms with Crippen LogP contribution in [0.15, 0.2) is 29.3 Å². The number of carbonyl (C=O) groups excluding carboxylic acids is 1. The molecule has 8 heteroatoms. The number of esters is 1. The first-order valence-electron chi connectivity index (χ1n) is 10.7. The number of likely N-dealkylation sites (tertiary alicyclic amines) is 1. The van der Waals surface area contributed by atoms with Gasteiger partial charge in [0.1, 0.15) is 12.4 Å². The number of carbonyl (C=O) groups is 1. The van der Waals surface area contributed by atoms with Crippen molar-refractivity contribution in [1.29, 1.82) is 0 Å². The van der Waals surface area contributed by atoms with Crippen LogP contribution in [0.1, 0.15) is 18.4 Å². The van der Waals surface area contributed by atoms with Gasteiger partial charge in [0.2, 0.25) is 0 Å². The summed E-state index contributed by atoms with van der Waals surface area (Å²) in [5.74, 6) is 1.63. The quantitative estimate of drug-likeness (QED) is 0.407. The van der Waals surface area contributed by atoms with E-state index in [-0.39, 0.29) is 11.9 Å². The van der Waals surface area contributed by atoms with E-state index < -0.39 is 0 Å². The molecule has 2 aliphatic heterocycles. The van der Waals surface area contributed by atoms with Gasteiger partial charge in [-0.05, 0) is 30.5 Å². The summed E-state index contributed by atoms with van der Waals surface area (Å²) in [6, 6.07) is 8.17. The number of morpholine rings is 1. The summed E-state index contributed by atoms with van der Waals surface area (Å²) in [6.07, 6.45) is 1.58. The number of aliphatic imine (C=N–C) groups is 1. The Morgan fingerprint density at radius 2 is 2.00 bits per heavy atom. The van der Waals surface area contributed by atoms with E-state index in [0.29, 0.717) is 13.2 Å². The summed E-state index contributed by atoms with van der Waals surface area (Å²) in [7, 11) is 3.25. The van der Waals surface area contributed by atoms with Crippen molar-refractivity contribution in [3.05, 3.63) is 29.8 Å². The number of ether oxygens (including phenoxy) is 3. The molecule has 0 aliphatic carbocycles. The van der Waals surface area contributed by atoms with Crippen molar-refractivity contribution in [2.24, 2.45) is 10.9 Å². The highest BCUT2D eigenvalue weighted by atomic mass is 16.5. The Morgan fingerprint density at radius 1 is 1.23 bits per heavy atom. The highest BCUT2D eigenvalue weighted by Crippen LogP contribution is 2.19. The summed E-state index contributed by atoms with van der Waals surface area (Å²) < 4.78 is 16.2. The molecule has 0 bridgehead atoms. The predicted octanol–water partition coefficient (Wildman–Crippen LogP) is 1.36. The fourth-order valence-corrected chi connectivity index (χ4v) is 3.87. The molecule has 0 atom stereocenters. The minimum atomic E-state index is -0.108. The molecule has 2 aliphatic rings. The molecule has 1 aromatic carbocycles. The van der Waals surface area contributed by atoms with Crippen molar-refractivity contribution in [3.8, 4) is 5.75 Å². The van der Waals surface area contributed by atoms with Crippen LogP contribution in [0.4, 0.5) is 0 Å². The van der Waals surface area contributed by atoms with E-state index in [9.17, 15) is 4.79 Å². The molecule has 2 fully saturated rings. The highest BCUT2D eigenvalue weighted by molar-refractivity contribution is 5.80. The van der Waals surface area contributed by atoms with Crippen molar-refractivity contribution in [3.63, 3.8) is 0 Å². The monoisotopic (exact) mass is 418 g/mol. The zero-order chi connectivity index (χ0) is 21.2. The van der Waals surface area contributed by atoms with Gasteiger partial charge in [0.15, 0.2) is 5.96 Å². The minimum absolute atomic E-state index is 0.00403. The number of methoxy groups -OCH3 is 1. The average molecular weight is 419 g/mol. The molecule has 2 saturated heterocycles. The smallest absolute Gasteiger partial charge is 0.308 e. The van der Waals surface area contributed by atoms with Crippen LogP contribution >= 0.6 is 0 Å². The van der Waals surface area contributed by atoms with Gasteiger partial charge < -0.3 is 24.4 Å². The van der Waals surface area contributed by atoms with Crippen molar-refractivity contribution >= 4 is 11.9 Å². The number of guanidine groups is 1. The summed E-state index contributed by atoms with van der Waals surface area (Å²) >= 11 is 0. The number of piperidine rings is 1. The molecule has 30 heavy (non-hydrogen) atoms. The Balaban J connectivity index is 1.43. The summed E-state index contributed by atoms with van der Waals surface area (Å²) in [4.78, 5) is 20.7. The van der Waals surface area contributed by atoms with Crippen LogP contribution < -0.4 is 10.1 Å². The average Bonchev–Trinajstić information content (AvgIpc) is 2.80. The summed E-state index contributed by atoms with van der Waals surface area (Å²) in [5, 5.41) is 3.43. The number of nitrogens with one attached hydrogen (secondary N) is 1. The van der Waals surface area contributed by atoms with E-state index in [0.717, 1.165) is 76.1 Å². The zero-order valence-corrected chi connectivity index (χ0v) is 18.1. The molecule has 1 aromatic rings. The van der Waals surface area contributed by atoms with E-state index in [1.807, 2.05) is 12.1 Å². The molecule has 166 valence electrons. The van der Waals surface area contributed by atoms with Crippen LogP contribution in [0.3, 0.4) is 0 Å². The Labute approximate surface area is 179 Å². The standard InChI is InChI=1S/C22H34N4O4/c1-23-22(26-8-6-19(7-9-26)21(27)28-2)24-17-18-4-3-5-20(16-18)30-15-12-25-10-13-29-14-11-25/h3-5,16,19H,6-15,17H2,1-2H3,(H,23,24). The van der Waals surface area contributed by atoms with Gasteiger partial charge in [0.05, 0.1) is 26.2 Å². The molecule has 3 rings (SSSR count). The number of rotatable bonds is 7. The summed E-state index contributed by atoms with van der Waals surface area (Å²) in [5.41, 5.74) is 1.14. The van der Waals surface area contributed by atoms with Gasteiger partial charge in [-0.3, -0.25) is 14.7 Å². The molecular formula is C22H34N4O4. The topological polar surface area (TPSA) is 75.6 Å². The van der Waals surface area contributed by atoms with Gasteiger partial charge in [-0.25, -0.2) is 0 Å². The van der Waals surface area contributed by atoms with Gasteiger partial charge in [-0.15, -0.1) is 0 Å². The maximum Gasteiger partial charge on any atom is 0.308 e. The van der Waals surface area contributed by atoms with Crippen LogP contribution in [0.5, 0.6) is 5.75 Å². The Morgan fingerprint density at radius 3 is 2.70 bits per heavy atom. The molecule has 0 radical (unpaired) electrons. The first-order chi connectivity index (χ1) is 14.7. The Hall–Kier alpha value is -2.32. The Kier molecular flexibility index (Phi) is 8.77. The third kappa shape index (κ3) is 6.60. The van der Waals surface area contributed by atoms with Crippen LogP contribution in [-0.4, -0.2) is 88.4 Å². The molecule has 0 saturated carbocycles. The molecule has 0 spiro atoms. The van der Waals surface area contributed by atoms with Crippen LogP contribution in [0.2, 0.25) is 0 Å². The second-order valence-electron chi connectivity index (χ2n) is 7.64. The number of benzene rings is 1. The lowest BCUT2D eigenvalue weighted by molar-refractivity contribution is -0.146. The van der Waals surface area contributed by atoms with Gasteiger partial charge in [0, 0.05) is 46.3 Å². The number of nitrogens with zero attached hydrogens (tertiary/aromatic N) is 3. The fraction of sp³-hybridized carbons (Fsp3) is 0.636. The van der Waals surface area contributed by atoms with E-state index in [1.165, 1.54) is 7.11 Å². The van der Waals surface area contributed by atoms with E-state index >= 15 is 0 Å². The van der Waals surface area contributed by atoms with Crippen LogP contribution in [0.25, 0.3) is 0 Å². The van der Waals surface area contributed by atoms with Gasteiger partial charge >= 0.3 is 5.97 Å². The highest BCUT2D eigenvalue weighted by Gasteiger charge is 2.26. The van der Waals surface area contributed by atoms with Crippen LogP contribution in [0, 0.1) is 5.92 Å². The molecule has 0 aromatic heterocycles. The van der Waals surface area contributed by atoms with Gasteiger partial charge in [0.25, 0.3) is 0 Å². The molecule has 0 unspecified atom stereocenters.